The van der Waals surface area contributed by atoms with Crippen LogP contribution in [0.15, 0.2) is 145 Å². The molecule has 1 atom stereocenters. The number of hydrogen-bond acceptors (Lipinski definition) is 3. The molecule has 1 aliphatic rings. The molecule has 38 heavy (non-hydrogen) atoms. The molecular formula is C34H30N3P. The molecule has 0 spiro atoms. The van der Waals surface area contributed by atoms with Crippen molar-refractivity contribution in [1.29, 1.82) is 0 Å². The van der Waals surface area contributed by atoms with Gasteiger partial charge in [-0.1, -0.05) is 121 Å². The lowest BCUT2D eigenvalue weighted by Crippen LogP contribution is -2.28. The Morgan fingerprint density at radius 2 is 1.29 bits per heavy atom. The van der Waals surface area contributed by atoms with Gasteiger partial charge >= 0.3 is 0 Å². The zero-order chi connectivity index (χ0) is 25.7. The molecular weight excluding hydrogens is 481 g/mol. The van der Waals surface area contributed by atoms with E-state index >= 15 is 0 Å². The highest BCUT2D eigenvalue weighted by molar-refractivity contribution is 7.74. The first-order chi connectivity index (χ1) is 18.7. The predicted octanol–water partition coefficient (Wildman–Crippen LogP) is 7.46. The van der Waals surface area contributed by atoms with E-state index in [1.807, 2.05) is 0 Å². The summed E-state index contributed by atoms with van der Waals surface area (Å²) in [6.07, 6.45) is 0. The van der Waals surface area contributed by atoms with E-state index in [-0.39, 0.29) is 6.04 Å². The largest absolute Gasteiger partial charge is 0.357 e. The van der Waals surface area contributed by atoms with Gasteiger partial charge in [-0.3, -0.25) is 4.99 Å². The Morgan fingerprint density at radius 3 is 1.92 bits per heavy atom. The minimum absolute atomic E-state index is 0.0925. The monoisotopic (exact) mass is 511 g/mol. The number of hydrogen-bond donors (Lipinski definition) is 1. The second kappa shape index (κ2) is 11.0. The van der Waals surface area contributed by atoms with Crippen molar-refractivity contribution in [2.45, 2.75) is 13.0 Å². The molecule has 0 amide bonds. The minimum atomic E-state index is -0.759. The highest BCUT2D eigenvalue weighted by atomic mass is 31.1. The van der Waals surface area contributed by atoms with Crippen molar-refractivity contribution in [2.75, 3.05) is 16.5 Å². The van der Waals surface area contributed by atoms with Gasteiger partial charge in [0.25, 0.3) is 0 Å². The topological polar surface area (TPSA) is 27.6 Å². The molecule has 0 unspecified atom stereocenters. The van der Waals surface area contributed by atoms with Crippen LogP contribution in [0.1, 0.15) is 22.7 Å². The minimum Gasteiger partial charge on any atom is -0.357 e. The second-order valence-electron chi connectivity index (χ2n) is 9.52. The maximum atomic E-state index is 5.27. The van der Waals surface area contributed by atoms with E-state index in [4.69, 9.17) is 4.99 Å². The van der Waals surface area contributed by atoms with E-state index in [0.717, 1.165) is 23.6 Å². The van der Waals surface area contributed by atoms with Gasteiger partial charge in [0, 0.05) is 27.5 Å². The van der Waals surface area contributed by atoms with Crippen LogP contribution >= 0.6 is 8.07 Å². The maximum absolute atomic E-state index is 5.27. The third-order valence-electron chi connectivity index (χ3n) is 6.81. The molecule has 0 bridgehead atoms. The summed E-state index contributed by atoms with van der Waals surface area (Å²) in [6.45, 7) is 2.95. The highest BCUT2D eigenvalue weighted by Crippen LogP contribution is 2.36. The fraction of sp³-hybridized carbons (Fsp3) is 0.0882. The van der Waals surface area contributed by atoms with Crippen LogP contribution in [0.4, 0.5) is 11.4 Å². The van der Waals surface area contributed by atoms with Crippen LogP contribution in [-0.2, 0) is 0 Å². The van der Waals surface area contributed by atoms with Gasteiger partial charge in [-0.05, 0) is 36.8 Å². The molecule has 5 aromatic carbocycles. The quantitative estimate of drug-likeness (QED) is 0.230. The van der Waals surface area contributed by atoms with E-state index in [2.05, 4.69) is 156 Å². The summed E-state index contributed by atoms with van der Waals surface area (Å²) in [5.74, 6) is 1.01. The molecule has 4 heteroatoms. The molecule has 3 nitrogen and oxygen atoms in total. The van der Waals surface area contributed by atoms with Crippen LogP contribution in [0.5, 0.6) is 0 Å². The van der Waals surface area contributed by atoms with Gasteiger partial charge in [0.2, 0.25) is 0 Å². The summed E-state index contributed by atoms with van der Waals surface area (Å²) in [6, 6.07) is 49.6. The molecule has 6 rings (SSSR count). The first-order valence-electron chi connectivity index (χ1n) is 13.0. The Labute approximate surface area is 226 Å². The van der Waals surface area contributed by atoms with E-state index < -0.39 is 8.07 Å². The van der Waals surface area contributed by atoms with Crippen molar-refractivity contribution in [2.24, 2.45) is 4.99 Å². The normalized spacial score (nSPS) is 14.9. The van der Waals surface area contributed by atoms with Crippen molar-refractivity contribution < 1.29 is 0 Å². The van der Waals surface area contributed by atoms with Gasteiger partial charge in [0.1, 0.15) is 5.84 Å². The number of amidine groups is 1. The van der Waals surface area contributed by atoms with Crippen molar-refractivity contribution >= 4 is 35.9 Å². The third-order valence-corrected chi connectivity index (χ3v) is 8.92. The fourth-order valence-corrected chi connectivity index (χ4v) is 6.74. The van der Waals surface area contributed by atoms with Gasteiger partial charge in [0.05, 0.1) is 20.7 Å². The summed E-state index contributed by atoms with van der Waals surface area (Å²) >= 11 is 0. The summed E-state index contributed by atoms with van der Waals surface area (Å²) in [5, 5.41) is 6.46. The Hall–Kier alpha value is -4.20. The molecule has 0 saturated carbocycles. The molecule has 1 N–H and O–H groups in total. The summed E-state index contributed by atoms with van der Waals surface area (Å²) in [4.78, 5) is 7.62. The van der Waals surface area contributed by atoms with Crippen molar-refractivity contribution in [1.82, 2.24) is 0 Å². The fourth-order valence-electron chi connectivity index (χ4n) is 4.84. The number of nitrogens with zero attached hydrogens (tertiary/aromatic N) is 2. The molecule has 0 aliphatic carbocycles. The smallest absolute Gasteiger partial charge is 0.136 e. The van der Waals surface area contributed by atoms with Crippen LogP contribution in [0.3, 0.4) is 0 Å². The molecule has 0 saturated heterocycles. The number of anilines is 2. The SMILES string of the molecule is Cc1ccc(N2C[C@H](c3ccccc3)N=C2c2cccc(NP(c3ccccc3)c3ccccc3)c2)cc1. The molecule has 5 aromatic rings. The van der Waals surface area contributed by atoms with Crippen LogP contribution in [-0.4, -0.2) is 12.4 Å². The first kappa shape index (κ1) is 24.2. The number of rotatable bonds is 7. The summed E-state index contributed by atoms with van der Waals surface area (Å²) in [5.41, 5.74) is 5.88. The van der Waals surface area contributed by atoms with Gasteiger partial charge in [0.15, 0.2) is 0 Å². The van der Waals surface area contributed by atoms with E-state index in [1.165, 1.54) is 27.4 Å². The summed E-state index contributed by atoms with van der Waals surface area (Å²) < 4.78 is 0. The zero-order valence-corrected chi connectivity index (χ0v) is 22.3. The standard InChI is InChI=1S/C34H30N3P/c1-26-20-22-30(23-21-26)37-25-33(27-12-5-2-6-13-27)35-34(37)28-14-11-15-29(24-28)36-38(31-16-7-3-8-17-31)32-18-9-4-10-19-32/h2-24,33,36H,25H2,1H3/t33-/m1/s1. The van der Waals surface area contributed by atoms with Crippen molar-refractivity contribution in [3.05, 3.63) is 156 Å². The number of aryl methyl sites for hydroxylation is 1. The third kappa shape index (κ3) is 5.25. The molecule has 1 aliphatic heterocycles. The van der Waals surface area contributed by atoms with E-state index in [9.17, 15) is 0 Å². The number of nitrogens with one attached hydrogen (secondary N) is 1. The van der Waals surface area contributed by atoms with Crippen LogP contribution in [0, 0.1) is 6.92 Å². The Kier molecular flexibility index (Phi) is 7.02. The lowest BCUT2D eigenvalue weighted by atomic mass is 10.1. The van der Waals surface area contributed by atoms with Crippen LogP contribution in [0.2, 0.25) is 0 Å². The van der Waals surface area contributed by atoms with Gasteiger partial charge < -0.3 is 9.99 Å². The first-order valence-corrected chi connectivity index (χ1v) is 14.3. The lowest BCUT2D eigenvalue weighted by molar-refractivity contribution is 0.780. The molecule has 0 fully saturated rings. The van der Waals surface area contributed by atoms with Gasteiger partial charge in [-0.25, -0.2) is 0 Å². The average molecular weight is 512 g/mol. The Bertz CT molecular complexity index is 1480. The number of aliphatic imine (C=N–C) groups is 1. The molecule has 0 aromatic heterocycles. The second-order valence-corrected chi connectivity index (χ2v) is 11.5. The average Bonchev–Trinajstić information content (AvgIpc) is 3.44. The number of benzene rings is 5. The molecule has 0 radical (unpaired) electrons. The van der Waals surface area contributed by atoms with Gasteiger partial charge in [-0.2, -0.15) is 0 Å². The van der Waals surface area contributed by atoms with Crippen LogP contribution < -0.4 is 20.6 Å². The Morgan fingerprint density at radius 1 is 0.684 bits per heavy atom. The van der Waals surface area contributed by atoms with E-state index in [0.29, 0.717) is 0 Å². The van der Waals surface area contributed by atoms with Crippen molar-refractivity contribution in [3.8, 4) is 0 Å². The maximum Gasteiger partial charge on any atom is 0.136 e. The molecule has 186 valence electrons. The highest BCUT2D eigenvalue weighted by Gasteiger charge is 2.28. The Balaban J connectivity index is 1.36. The van der Waals surface area contributed by atoms with Crippen molar-refractivity contribution in [3.63, 3.8) is 0 Å². The van der Waals surface area contributed by atoms with Crippen LogP contribution in [0.25, 0.3) is 0 Å². The lowest BCUT2D eigenvalue weighted by Gasteiger charge is -2.23. The zero-order valence-electron chi connectivity index (χ0n) is 21.4. The van der Waals surface area contributed by atoms with E-state index in [1.54, 1.807) is 0 Å². The summed E-state index contributed by atoms with van der Waals surface area (Å²) in [7, 11) is -0.759. The molecule has 1 heterocycles. The predicted molar refractivity (Wildman–Crippen MR) is 163 cm³/mol. The van der Waals surface area contributed by atoms with Gasteiger partial charge in [-0.15, -0.1) is 0 Å².